The second-order valence-corrected chi connectivity index (χ2v) is 2.45. The molecule has 2 heteroatoms. The Morgan fingerprint density at radius 3 is 3.00 bits per heavy atom. The predicted molar refractivity (Wildman–Crippen MR) is 34.7 cm³/mol. The number of aromatic nitrogens is 2. The quantitative estimate of drug-likeness (QED) is 0.575. The first-order valence-electron chi connectivity index (χ1n) is 3.26. The Kier molecular flexibility index (Phi) is 1.04. The van der Waals surface area contributed by atoms with E-state index < -0.39 is 0 Å². The van der Waals surface area contributed by atoms with E-state index in [0.29, 0.717) is 0 Å². The van der Waals surface area contributed by atoms with Gasteiger partial charge in [-0.05, 0) is 24.8 Å². The zero-order valence-electron chi connectivity index (χ0n) is 5.25. The minimum atomic E-state index is 1.05. The van der Waals surface area contributed by atoms with E-state index in [-0.39, 0.29) is 0 Å². The summed E-state index contributed by atoms with van der Waals surface area (Å²) in [7, 11) is 0. The molecule has 0 unspecified atom stereocenters. The van der Waals surface area contributed by atoms with Gasteiger partial charge in [0.25, 0.3) is 0 Å². The molecule has 47 valence electrons. The topological polar surface area (TPSA) is 17.8 Å². The fourth-order valence-corrected chi connectivity index (χ4v) is 0.870. The lowest BCUT2D eigenvalue weighted by Crippen LogP contribution is -1.97. The third-order valence-corrected chi connectivity index (χ3v) is 1.55. The van der Waals surface area contributed by atoms with Crippen LogP contribution in [0.15, 0.2) is 18.5 Å². The summed E-state index contributed by atoms with van der Waals surface area (Å²) in [4.78, 5) is 0. The number of nitrogens with zero attached hydrogens (tertiary/aromatic N) is 2. The third-order valence-electron chi connectivity index (χ3n) is 1.55. The Labute approximate surface area is 54.5 Å². The van der Waals surface area contributed by atoms with Gasteiger partial charge in [-0.25, -0.2) is 0 Å². The summed E-state index contributed by atoms with van der Waals surface area (Å²) in [5.74, 6) is 1.62. The minimum absolute atomic E-state index is 1.05. The van der Waals surface area contributed by atoms with E-state index in [9.17, 15) is 0 Å². The molecule has 0 aliphatic heterocycles. The van der Waals surface area contributed by atoms with Crippen LogP contribution in [0.1, 0.15) is 12.8 Å². The monoisotopic (exact) mass is 121 g/mol. The normalized spacial score (nSPS) is 18.2. The van der Waals surface area contributed by atoms with E-state index in [2.05, 4.69) is 5.10 Å². The van der Waals surface area contributed by atoms with Crippen molar-refractivity contribution in [2.45, 2.75) is 19.4 Å². The van der Waals surface area contributed by atoms with Gasteiger partial charge in [0.05, 0.1) is 0 Å². The van der Waals surface area contributed by atoms with Crippen LogP contribution in [-0.4, -0.2) is 9.78 Å². The van der Waals surface area contributed by atoms with Crippen LogP contribution in [0.2, 0.25) is 0 Å². The van der Waals surface area contributed by atoms with Crippen molar-refractivity contribution in [2.75, 3.05) is 0 Å². The van der Waals surface area contributed by atoms with Crippen molar-refractivity contribution in [3.8, 4) is 0 Å². The van der Waals surface area contributed by atoms with E-state index in [1.807, 2.05) is 23.1 Å². The molecular weight excluding hydrogens is 112 g/mol. The molecule has 0 spiro atoms. The van der Waals surface area contributed by atoms with E-state index in [4.69, 9.17) is 0 Å². The van der Waals surface area contributed by atoms with Gasteiger partial charge < -0.3 is 0 Å². The molecular formula is C7H9N2. The van der Waals surface area contributed by atoms with Crippen molar-refractivity contribution >= 4 is 0 Å². The molecule has 1 fully saturated rings. The van der Waals surface area contributed by atoms with Gasteiger partial charge in [-0.15, -0.1) is 0 Å². The van der Waals surface area contributed by atoms with Crippen LogP contribution in [0.4, 0.5) is 0 Å². The summed E-state index contributed by atoms with van der Waals surface area (Å²) in [5, 5.41) is 4.09. The lowest BCUT2D eigenvalue weighted by molar-refractivity contribution is 0.662. The Bertz CT molecular complexity index is 175. The van der Waals surface area contributed by atoms with Crippen LogP contribution in [0.25, 0.3) is 0 Å². The summed E-state index contributed by atoms with van der Waals surface area (Å²) in [6.45, 7) is 1.05. The molecule has 1 saturated carbocycles. The van der Waals surface area contributed by atoms with E-state index in [0.717, 1.165) is 6.54 Å². The Hall–Kier alpha value is -0.790. The highest BCUT2D eigenvalue weighted by Crippen LogP contribution is 2.32. The number of hydrogen-bond acceptors (Lipinski definition) is 1. The molecule has 1 aliphatic carbocycles. The lowest BCUT2D eigenvalue weighted by atomic mass is 10.4. The Morgan fingerprint density at radius 2 is 2.44 bits per heavy atom. The SMILES string of the molecule is c1cnn(C[C]2CC2)c1. The van der Waals surface area contributed by atoms with Crippen molar-refractivity contribution in [3.63, 3.8) is 0 Å². The average molecular weight is 121 g/mol. The van der Waals surface area contributed by atoms with E-state index >= 15 is 0 Å². The molecule has 2 rings (SSSR count). The van der Waals surface area contributed by atoms with Crippen molar-refractivity contribution in [1.82, 2.24) is 9.78 Å². The number of hydrogen-bond donors (Lipinski definition) is 0. The molecule has 1 aromatic rings. The fourth-order valence-electron chi connectivity index (χ4n) is 0.870. The standard InChI is InChI=1S/C7H9N2/c1-4-8-9(5-1)6-7-2-3-7/h1,4-5H,2-3,6H2. The van der Waals surface area contributed by atoms with Crippen LogP contribution in [-0.2, 0) is 6.54 Å². The largest absolute Gasteiger partial charge is 0.272 e. The molecule has 0 aromatic carbocycles. The third kappa shape index (κ3) is 1.12. The highest BCUT2D eigenvalue weighted by atomic mass is 15.3. The van der Waals surface area contributed by atoms with Crippen molar-refractivity contribution < 1.29 is 0 Å². The highest BCUT2D eigenvalue weighted by Gasteiger charge is 2.22. The predicted octanol–water partition coefficient (Wildman–Crippen LogP) is 1.25. The Balaban J connectivity index is 1.99. The molecule has 0 atom stereocenters. The zero-order chi connectivity index (χ0) is 6.10. The molecule has 0 bridgehead atoms. The summed E-state index contributed by atoms with van der Waals surface area (Å²) in [6.07, 6.45) is 6.47. The molecule has 0 N–H and O–H groups in total. The molecule has 1 heterocycles. The van der Waals surface area contributed by atoms with Crippen LogP contribution in [0.3, 0.4) is 0 Å². The minimum Gasteiger partial charge on any atom is -0.272 e. The molecule has 0 saturated heterocycles. The summed E-state index contributed by atoms with van der Waals surface area (Å²) < 4.78 is 1.97. The van der Waals surface area contributed by atoms with Crippen LogP contribution >= 0.6 is 0 Å². The van der Waals surface area contributed by atoms with E-state index in [1.54, 1.807) is 5.92 Å². The molecule has 1 aliphatic rings. The number of rotatable bonds is 2. The van der Waals surface area contributed by atoms with Gasteiger partial charge in [-0.3, -0.25) is 4.68 Å². The zero-order valence-corrected chi connectivity index (χ0v) is 5.25. The molecule has 0 amide bonds. The van der Waals surface area contributed by atoms with Crippen molar-refractivity contribution in [3.05, 3.63) is 24.4 Å². The van der Waals surface area contributed by atoms with Gasteiger partial charge in [0.15, 0.2) is 0 Å². The van der Waals surface area contributed by atoms with Gasteiger partial charge in [0.1, 0.15) is 0 Å². The maximum absolute atomic E-state index is 4.09. The molecule has 1 radical (unpaired) electrons. The average Bonchev–Trinajstić information content (AvgIpc) is 2.46. The van der Waals surface area contributed by atoms with Gasteiger partial charge in [-0.2, -0.15) is 5.10 Å². The maximum atomic E-state index is 4.09. The van der Waals surface area contributed by atoms with Crippen molar-refractivity contribution in [2.24, 2.45) is 0 Å². The van der Waals surface area contributed by atoms with Gasteiger partial charge in [0, 0.05) is 18.9 Å². The Morgan fingerprint density at radius 1 is 1.56 bits per heavy atom. The second kappa shape index (κ2) is 1.87. The smallest absolute Gasteiger partial charge is 0.0489 e. The maximum Gasteiger partial charge on any atom is 0.0489 e. The van der Waals surface area contributed by atoms with E-state index in [1.165, 1.54) is 12.8 Å². The van der Waals surface area contributed by atoms with Gasteiger partial charge >= 0.3 is 0 Å². The first-order chi connectivity index (χ1) is 4.45. The summed E-state index contributed by atoms with van der Waals surface area (Å²) in [5.41, 5.74) is 0. The van der Waals surface area contributed by atoms with Crippen LogP contribution in [0, 0.1) is 5.92 Å². The lowest BCUT2D eigenvalue weighted by Gasteiger charge is -1.94. The van der Waals surface area contributed by atoms with Gasteiger partial charge in [0.2, 0.25) is 0 Å². The molecule has 2 nitrogen and oxygen atoms in total. The first kappa shape index (κ1) is 5.03. The van der Waals surface area contributed by atoms with Gasteiger partial charge in [-0.1, -0.05) is 0 Å². The molecule has 9 heavy (non-hydrogen) atoms. The molecule has 1 aromatic heterocycles. The van der Waals surface area contributed by atoms with Crippen molar-refractivity contribution in [1.29, 1.82) is 0 Å². The van der Waals surface area contributed by atoms with Crippen LogP contribution in [0.5, 0.6) is 0 Å². The fraction of sp³-hybridized carbons (Fsp3) is 0.429. The highest BCUT2D eigenvalue weighted by molar-refractivity contribution is 5.04. The summed E-state index contributed by atoms with van der Waals surface area (Å²) in [6, 6.07) is 1.96. The van der Waals surface area contributed by atoms with Crippen LogP contribution < -0.4 is 0 Å². The second-order valence-electron chi connectivity index (χ2n) is 2.45. The summed E-state index contributed by atoms with van der Waals surface area (Å²) >= 11 is 0. The first-order valence-corrected chi connectivity index (χ1v) is 3.26.